The largest absolute Gasteiger partial charge is 0.484 e. The Bertz CT molecular complexity index is 1140. The molecule has 0 N–H and O–H groups in total. The zero-order chi connectivity index (χ0) is 21.4. The second-order valence-electron chi connectivity index (χ2n) is 7.51. The van der Waals surface area contributed by atoms with Crippen molar-refractivity contribution in [1.82, 2.24) is 4.90 Å². The Morgan fingerprint density at radius 1 is 1.13 bits per heavy atom. The number of rotatable bonds is 5. The highest BCUT2D eigenvalue weighted by molar-refractivity contribution is 8.15. The van der Waals surface area contributed by atoms with Crippen molar-refractivity contribution >= 4 is 32.7 Å². The summed E-state index contributed by atoms with van der Waals surface area (Å²) in [5, 5.41) is 0.393. The SMILES string of the molecule is O=C(COc1ccccc1)N=C1SC2CS(=O)(=O)CC2N1Cc1ccc2c(c1)OCO2. The number of ether oxygens (including phenoxy) is 3. The molecule has 8 nitrogen and oxygen atoms in total. The highest BCUT2D eigenvalue weighted by Gasteiger charge is 2.48. The van der Waals surface area contributed by atoms with Gasteiger partial charge in [-0.25, -0.2) is 8.42 Å². The van der Waals surface area contributed by atoms with Crippen LogP contribution in [-0.4, -0.2) is 60.6 Å². The molecule has 2 fully saturated rings. The highest BCUT2D eigenvalue weighted by atomic mass is 32.2. The lowest BCUT2D eigenvalue weighted by Gasteiger charge is -2.24. The molecular weight excluding hydrogens is 440 g/mol. The molecular formula is C21H20N2O6S2. The van der Waals surface area contributed by atoms with E-state index in [9.17, 15) is 13.2 Å². The Balaban J connectivity index is 1.35. The summed E-state index contributed by atoms with van der Waals surface area (Å²) in [6.45, 7) is 0.426. The summed E-state index contributed by atoms with van der Waals surface area (Å²) in [4.78, 5) is 18.6. The molecule has 31 heavy (non-hydrogen) atoms. The van der Waals surface area contributed by atoms with E-state index in [1.54, 1.807) is 12.1 Å². The molecule has 0 saturated carbocycles. The predicted molar refractivity (Wildman–Crippen MR) is 116 cm³/mol. The third-order valence-corrected chi connectivity index (χ3v) is 8.54. The van der Waals surface area contributed by atoms with Gasteiger partial charge in [-0.3, -0.25) is 4.79 Å². The van der Waals surface area contributed by atoms with Crippen LogP contribution in [-0.2, 0) is 21.2 Å². The van der Waals surface area contributed by atoms with Gasteiger partial charge in [0, 0.05) is 11.8 Å². The Kier molecular flexibility index (Phi) is 5.27. The van der Waals surface area contributed by atoms with Crippen molar-refractivity contribution in [3.05, 3.63) is 54.1 Å². The second kappa shape index (κ2) is 8.08. The van der Waals surface area contributed by atoms with Gasteiger partial charge in [0.15, 0.2) is 33.1 Å². The number of carbonyl (C=O) groups is 1. The van der Waals surface area contributed by atoms with Crippen LogP contribution in [0.15, 0.2) is 53.5 Å². The first kappa shape index (κ1) is 20.2. The number of para-hydroxylation sites is 1. The maximum Gasteiger partial charge on any atom is 0.285 e. The van der Waals surface area contributed by atoms with Crippen LogP contribution >= 0.6 is 11.8 Å². The molecule has 0 aliphatic carbocycles. The minimum absolute atomic E-state index is 0.0585. The van der Waals surface area contributed by atoms with Gasteiger partial charge in [0.2, 0.25) is 6.79 Å². The van der Waals surface area contributed by atoms with E-state index < -0.39 is 15.7 Å². The van der Waals surface area contributed by atoms with Gasteiger partial charge in [-0.2, -0.15) is 4.99 Å². The Morgan fingerprint density at radius 3 is 2.77 bits per heavy atom. The van der Waals surface area contributed by atoms with Gasteiger partial charge in [0.25, 0.3) is 5.91 Å². The van der Waals surface area contributed by atoms with E-state index in [1.807, 2.05) is 41.3 Å². The third-order valence-electron chi connectivity index (χ3n) is 5.29. The van der Waals surface area contributed by atoms with Crippen LogP contribution in [0.3, 0.4) is 0 Å². The number of amides is 1. The number of nitrogens with zero attached hydrogens (tertiary/aromatic N) is 2. The molecule has 2 aromatic rings. The smallest absolute Gasteiger partial charge is 0.285 e. The summed E-state index contributed by atoms with van der Waals surface area (Å²) < 4.78 is 40.7. The molecule has 3 aliphatic heterocycles. The van der Waals surface area contributed by atoms with Gasteiger partial charge < -0.3 is 19.1 Å². The molecule has 3 aliphatic rings. The summed E-state index contributed by atoms with van der Waals surface area (Å²) in [5.41, 5.74) is 0.926. The van der Waals surface area contributed by atoms with Gasteiger partial charge in [-0.05, 0) is 29.8 Å². The number of fused-ring (bicyclic) bond motifs is 2. The fourth-order valence-corrected chi connectivity index (χ4v) is 7.83. The lowest BCUT2D eigenvalue weighted by atomic mass is 10.1. The van der Waals surface area contributed by atoms with Crippen LogP contribution in [0.4, 0.5) is 0 Å². The predicted octanol–water partition coefficient (Wildman–Crippen LogP) is 2.09. The van der Waals surface area contributed by atoms with Crippen molar-refractivity contribution in [3.63, 3.8) is 0 Å². The lowest BCUT2D eigenvalue weighted by Crippen LogP contribution is -2.37. The maximum absolute atomic E-state index is 12.5. The number of sulfone groups is 1. The number of hydrogen-bond donors (Lipinski definition) is 0. The van der Waals surface area contributed by atoms with Crippen LogP contribution in [0.5, 0.6) is 17.2 Å². The van der Waals surface area contributed by atoms with E-state index in [0.717, 1.165) is 5.56 Å². The number of thioether (sulfide) groups is 1. The van der Waals surface area contributed by atoms with Gasteiger partial charge in [-0.15, -0.1) is 0 Å². The van der Waals surface area contributed by atoms with E-state index in [2.05, 4.69) is 4.99 Å². The summed E-state index contributed by atoms with van der Waals surface area (Å²) >= 11 is 1.35. The summed E-state index contributed by atoms with van der Waals surface area (Å²) in [7, 11) is -3.11. The maximum atomic E-state index is 12.5. The molecule has 2 saturated heterocycles. The molecule has 3 heterocycles. The monoisotopic (exact) mass is 460 g/mol. The van der Waals surface area contributed by atoms with Crippen LogP contribution in [0.1, 0.15) is 5.56 Å². The Hall–Kier alpha value is -2.72. The number of carbonyl (C=O) groups excluding carboxylic acids is 1. The topological polar surface area (TPSA) is 94.5 Å². The van der Waals surface area contributed by atoms with Crippen LogP contribution in [0.2, 0.25) is 0 Å². The van der Waals surface area contributed by atoms with Crippen molar-refractivity contribution in [2.75, 3.05) is 24.9 Å². The van der Waals surface area contributed by atoms with E-state index in [-0.39, 0.29) is 36.2 Å². The lowest BCUT2D eigenvalue weighted by molar-refractivity contribution is -0.119. The molecule has 0 radical (unpaired) electrons. The first-order valence-corrected chi connectivity index (χ1v) is 12.5. The molecule has 2 atom stereocenters. The quantitative estimate of drug-likeness (QED) is 0.670. The van der Waals surface area contributed by atoms with Crippen molar-refractivity contribution < 1.29 is 27.4 Å². The summed E-state index contributed by atoms with van der Waals surface area (Å²) in [6.07, 6.45) is 0. The average molecular weight is 461 g/mol. The van der Waals surface area contributed by atoms with Gasteiger partial charge in [0.1, 0.15) is 5.75 Å². The van der Waals surface area contributed by atoms with Gasteiger partial charge in [0.05, 0.1) is 17.5 Å². The van der Waals surface area contributed by atoms with Crippen molar-refractivity contribution in [2.24, 2.45) is 4.99 Å². The zero-order valence-corrected chi connectivity index (χ0v) is 18.1. The van der Waals surface area contributed by atoms with Gasteiger partial charge in [-0.1, -0.05) is 36.0 Å². The number of aliphatic imine (C=N–C) groups is 1. The fourth-order valence-electron chi connectivity index (χ4n) is 3.86. The molecule has 162 valence electrons. The fraction of sp³-hybridized carbons (Fsp3) is 0.333. The van der Waals surface area contributed by atoms with E-state index in [1.165, 1.54) is 11.8 Å². The Labute approximate surface area is 184 Å². The third kappa shape index (κ3) is 4.35. The summed E-state index contributed by atoms with van der Waals surface area (Å²) in [5.74, 6) is 1.67. The van der Waals surface area contributed by atoms with Crippen molar-refractivity contribution in [3.8, 4) is 17.2 Å². The molecule has 10 heteroatoms. The average Bonchev–Trinajstić information content (AvgIpc) is 3.41. The first-order valence-electron chi connectivity index (χ1n) is 9.78. The second-order valence-corrected chi connectivity index (χ2v) is 10.9. The number of hydrogen-bond acceptors (Lipinski definition) is 7. The molecule has 0 spiro atoms. The molecule has 1 amide bonds. The van der Waals surface area contributed by atoms with E-state index in [0.29, 0.717) is 29.0 Å². The normalized spacial score (nSPS) is 24.4. The number of amidine groups is 1. The Morgan fingerprint density at radius 2 is 1.94 bits per heavy atom. The van der Waals surface area contributed by atoms with E-state index >= 15 is 0 Å². The van der Waals surface area contributed by atoms with E-state index in [4.69, 9.17) is 14.2 Å². The number of benzene rings is 2. The summed E-state index contributed by atoms with van der Waals surface area (Å²) in [6, 6.07) is 14.5. The zero-order valence-electron chi connectivity index (χ0n) is 16.5. The minimum atomic E-state index is -3.11. The van der Waals surface area contributed by atoms with Crippen molar-refractivity contribution in [2.45, 2.75) is 17.8 Å². The standard InChI is InChI=1S/C21H20N2O6S2/c24-20(10-27-15-4-2-1-3-5-15)22-21-23(16-11-31(25,26)12-19(16)30-21)9-14-6-7-17-18(8-14)29-13-28-17/h1-8,16,19H,9-13H2. The molecule has 5 rings (SSSR count). The highest BCUT2D eigenvalue weighted by Crippen LogP contribution is 2.40. The van der Waals surface area contributed by atoms with Crippen molar-refractivity contribution in [1.29, 1.82) is 0 Å². The molecule has 2 aromatic carbocycles. The minimum Gasteiger partial charge on any atom is -0.484 e. The molecule has 2 unspecified atom stereocenters. The van der Waals surface area contributed by atoms with Gasteiger partial charge >= 0.3 is 0 Å². The van der Waals surface area contributed by atoms with Crippen LogP contribution < -0.4 is 14.2 Å². The van der Waals surface area contributed by atoms with Crippen LogP contribution in [0, 0.1) is 0 Å². The first-order chi connectivity index (χ1) is 15.0. The molecule has 0 bridgehead atoms. The van der Waals surface area contributed by atoms with Crippen LogP contribution in [0.25, 0.3) is 0 Å². The molecule has 0 aromatic heterocycles.